The van der Waals surface area contributed by atoms with E-state index in [4.69, 9.17) is 16.7 Å². The summed E-state index contributed by atoms with van der Waals surface area (Å²) in [4.78, 5) is 11.3. The Bertz CT molecular complexity index is 506. The zero-order valence-electron chi connectivity index (χ0n) is 10.7. The molecule has 1 aromatic rings. The lowest BCUT2D eigenvalue weighted by Gasteiger charge is -2.23. The molecule has 0 aliphatic heterocycles. The molecule has 0 atom stereocenters. The van der Waals surface area contributed by atoms with E-state index in [-0.39, 0.29) is 5.91 Å². The van der Waals surface area contributed by atoms with Gasteiger partial charge in [-0.2, -0.15) is 5.26 Å². The number of anilines is 1. The van der Waals surface area contributed by atoms with Crippen LogP contribution in [0.2, 0.25) is 0 Å². The zero-order valence-corrected chi connectivity index (χ0v) is 10.7. The zero-order chi connectivity index (χ0) is 13.4. The second-order valence-electron chi connectivity index (χ2n) is 4.92. The fraction of sp³-hybridized carbons (Fsp3) is 0.500. The lowest BCUT2D eigenvalue weighted by atomic mass is 9.92. The molecule has 5 heteroatoms. The molecule has 5 nitrogen and oxygen atoms in total. The number of amides is 1. The second kappa shape index (κ2) is 4.13. The first-order valence-corrected chi connectivity index (χ1v) is 5.37. The van der Waals surface area contributed by atoms with Gasteiger partial charge in [0.25, 0.3) is 0 Å². The molecule has 0 unspecified atom stereocenters. The van der Waals surface area contributed by atoms with Crippen LogP contribution in [0.3, 0.4) is 0 Å². The lowest BCUT2D eigenvalue weighted by molar-refractivity contribution is -0.126. The topological polar surface area (TPSA) is 97.8 Å². The maximum absolute atomic E-state index is 11.3. The van der Waals surface area contributed by atoms with Gasteiger partial charge in [-0.25, -0.2) is 0 Å². The van der Waals surface area contributed by atoms with E-state index in [1.54, 1.807) is 18.4 Å². The van der Waals surface area contributed by atoms with E-state index in [1.807, 2.05) is 13.8 Å². The van der Waals surface area contributed by atoms with Gasteiger partial charge in [-0.05, 0) is 33.3 Å². The number of primary amides is 1. The summed E-state index contributed by atoms with van der Waals surface area (Å²) >= 11 is 0. The summed E-state index contributed by atoms with van der Waals surface area (Å²) in [5.74, 6) is 0.0120. The van der Waals surface area contributed by atoms with Crippen LogP contribution < -0.4 is 11.5 Å². The highest BCUT2D eigenvalue weighted by atomic mass is 16.1. The Morgan fingerprint density at radius 1 is 1.47 bits per heavy atom. The number of rotatable bonds is 3. The van der Waals surface area contributed by atoms with Gasteiger partial charge in [-0.15, -0.1) is 0 Å². The van der Waals surface area contributed by atoms with Crippen molar-refractivity contribution in [1.82, 2.24) is 4.57 Å². The Balaban J connectivity index is 3.27. The van der Waals surface area contributed by atoms with Crippen LogP contribution in [0.1, 0.15) is 30.7 Å². The van der Waals surface area contributed by atoms with Crippen LogP contribution in [0.15, 0.2) is 0 Å². The Morgan fingerprint density at radius 3 is 2.35 bits per heavy atom. The molecule has 0 aliphatic rings. The Hall–Kier alpha value is -1.96. The van der Waals surface area contributed by atoms with Crippen molar-refractivity contribution in [1.29, 1.82) is 5.26 Å². The molecular formula is C12H18N4O. The van der Waals surface area contributed by atoms with Gasteiger partial charge in [0.05, 0.1) is 11.0 Å². The second-order valence-corrected chi connectivity index (χ2v) is 4.92. The number of hydrogen-bond donors (Lipinski definition) is 2. The Labute approximate surface area is 101 Å². The monoisotopic (exact) mass is 234 g/mol. The van der Waals surface area contributed by atoms with Gasteiger partial charge in [0.1, 0.15) is 11.9 Å². The minimum Gasteiger partial charge on any atom is -0.384 e. The first-order valence-electron chi connectivity index (χ1n) is 5.37. The van der Waals surface area contributed by atoms with Crippen molar-refractivity contribution in [3.63, 3.8) is 0 Å². The van der Waals surface area contributed by atoms with Crippen LogP contribution in [0.5, 0.6) is 0 Å². The molecule has 0 radical (unpaired) electrons. The van der Waals surface area contributed by atoms with Crippen LogP contribution in [0, 0.1) is 30.6 Å². The predicted molar refractivity (Wildman–Crippen MR) is 66.0 cm³/mol. The third kappa shape index (κ3) is 2.11. The van der Waals surface area contributed by atoms with E-state index in [2.05, 4.69) is 6.07 Å². The van der Waals surface area contributed by atoms with E-state index in [9.17, 15) is 4.79 Å². The van der Waals surface area contributed by atoms with E-state index >= 15 is 0 Å². The van der Waals surface area contributed by atoms with E-state index < -0.39 is 5.41 Å². The minimum absolute atomic E-state index is 0.377. The number of nitrogens with two attached hydrogens (primary N) is 2. The molecule has 0 aromatic carbocycles. The fourth-order valence-electron chi connectivity index (χ4n) is 1.71. The number of carbonyl (C=O) groups excluding carboxylic acids is 1. The summed E-state index contributed by atoms with van der Waals surface area (Å²) in [5, 5.41) is 9.01. The quantitative estimate of drug-likeness (QED) is 0.818. The average molecular weight is 234 g/mol. The van der Waals surface area contributed by atoms with E-state index in [1.165, 1.54) is 0 Å². The van der Waals surface area contributed by atoms with Gasteiger partial charge < -0.3 is 16.0 Å². The maximum atomic E-state index is 11.3. The van der Waals surface area contributed by atoms with Crippen LogP contribution in [0.25, 0.3) is 0 Å². The number of aromatic nitrogens is 1. The molecule has 17 heavy (non-hydrogen) atoms. The highest BCUT2D eigenvalue weighted by Crippen LogP contribution is 2.27. The molecule has 0 fully saturated rings. The van der Waals surface area contributed by atoms with E-state index in [0.717, 1.165) is 11.3 Å². The van der Waals surface area contributed by atoms with Crippen LogP contribution in [0.4, 0.5) is 5.82 Å². The molecule has 0 saturated heterocycles. The highest BCUT2D eigenvalue weighted by molar-refractivity contribution is 5.80. The third-order valence-corrected chi connectivity index (χ3v) is 3.20. The molecule has 1 amide bonds. The largest absolute Gasteiger partial charge is 0.384 e. The Morgan fingerprint density at radius 2 is 2.00 bits per heavy atom. The molecule has 4 N–H and O–H groups in total. The Kier molecular flexibility index (Phi) is 3.18. The summed E-state index contributed by atoms with van der Waals surface area (Å²) in [7, 11) is 0. The van der Waals surface area contributed by atoms with Gasteiger partial charge in [-0.1, -0.05) is 0 Å². The molecule has 1 heterocycles. The van der Waals surface area contributed by atoms with E-state index in [0.29, 0.717) is 17.9 Å². The lowest BCUT2D eigenvalue weighted by Crippen LogP contribution is -2.35. The molecule has 0 spiro atoms. The standard InChI is InChI=1S/C12H18N4O/c1-7-8(2)16(10(14)9(7)5-13)6-12(3,4)11(15)17/h6,14H2,1-4H3,(H2,15,17). The first-order chi connectivity index (χ1) is 7.72. The fourth-order valence-corrected chi connectivity index (χ4v) is 1.71. The summed E-state index contributed by atoms with van der Waals surface area (Å²) in [6.07, 6.45) is 0. The number of nitrogens with zero attached hydrogens (tertiary/aromatic N) is 2. The third-order valence-electron chi connectivity index (χ3n) is 3.20. The number of hydrogen-bond acceptors (Lipinski definition) is 3. The molecular weight excluding hydrogens is 216 g/mol. The number of nitrogen functional groups attached to an aromatic ring is 1. The normalized spacial score (nSPS) is 11.2. The molecule has 92 valence electrons. The molecule has 1 aromatic heterocycles. The van der Waals surface area contributed by atoms with Crippen molar-refractivity contribution in [2.45, 2.75) is 34.2 Å². The van der Waals surface area contributed by atoms with Crippen molar-refractivity contribution in [3.05, 3.63) is 16.8 Å². The summed E-state index contributed by atoms with van der Waals surface area (Å²) in [5.41, 5.74) is 12.8. The maximum Gasteiger partial charge on any atom is 0.224 e. The van der Waals surface area contributed by atoms with Gasteiger partial charge in [0.15, 0.2) is 0 Å². The smallest absolute Gasteiger partial charge is 0.224 e. The molecule has 1 rings (SSSR count). The van der Waals surface area contributed by atoms with Crippen LogP contribution >= 0.6 is 0 Å². The minimum atomic E-state index is -0.697. The summed E-state index contributed by atoms with van der Waals surface area (Å²) < 4.78 is 1.78. The van der Waals surface area contributed by atoms with Crippen molar-refractivity contribution in [3.8, 4) is 6.07 Å². The molecule has 0 bridgehead atoms. The van der Waals surface area contributed by atoms with Crippen molar-refractivity contribution >= 4 is 11.7 Å². The van der Waals surface area contributed by atoms with Gasteiger partial charge in [0, 0.05) is 12.2 Å². The number of nitriles is 1. The highest BCUT2D eigenvalue weighted by Gasteiger charge is 2.28. The van der Waals surface area contributed by atoms with Crippen molar-refractivity contribution in [2.75, 3.05) is 5.73 Å². The molecule has 0 saturated carbocycles. The first kappa shape index (κ1) is 13.1. The summed E-state index contributed by atoms with van der Waals surface area (Å²) in [6, 6.07) is 2.08. The van der Waals surface area contributed by atoms with Crippen molar-refractivity contribution in [2.24, 2.45) is 11.1 Å². The van der Waals surface area contributed by atoms with Gasteiger partial charge >= 0.3 is 0 Å². The van der Waals surface area contributed by atoms with Crippen molar-refractivity contribution < 1.29 is 4.79 Å². The average Bonchev–Trinajstić information content (AvgIpc) is 2.42. The van der Waals surface area contributed by atoms with Gasteiger partial charge in [-0.3, -0.25) is 4.79 Å². The number of carbonyl (C=O) groups is 1. The van der Waals surface area contributed by atoms with Gasteiger partial charge in [0.2, 0.25) is 5.91 Å². The van der Waals surface area contributed by atoms with Crippen LogP contribution in [-0.4, -0.2) is 10.5 Å². The summed E-state index contributed by atoms with van der Waals surface area (Å²) in [6.45, 7) is 7.62. The SMILES string of the molecule is Cc1c(C#N)c(N)n(CC(C)(C)C(N)=O)c1C. The predicted octanol–water partition coefficient (Wildman–Crippen LogP) is 1.07. The van der Waals surface area contributed by atoms with Crippen LogP contribution in [-0.2, 0) is 11.3 Å². The molecule has 0 aliphatic carbocycles.